The summed E-state index contributed by atoms with van der Waals surface area (Å²) < 4.78 is 16.3. The first kappa shape index (κ1) is 16.2. The van der Waals surface area contributed by atoms with E-state index in [-0.39, 0.29) is 6.61 Å². The number of methoxy groups -OCH3 is 2. The molecule has 22 heavy (non-hydrogen) atoms. The average molecular weight is 366 g/mol. The van der Waals surface area contributed by atoms with Gasteiger partial charge in [-0.1, -0.05) is 30.3 Å². The minimum absolute atomic E-state index is 0.197. The van der Waals surface area contributed by atoms with Crippen LogP contribution in [0.2, 0.25) is 0 Å². The third-order valence-electron chi connectivity index (χ3n) is 2.92. The molecule has 0 saturated heterocycles. The smallest absolute Gasteiger partial charge is 0.412 e. The summed E-state index contributed by atoms with van der Waals surface area (Å²) >= 11 is 3.36. The van der Waals surface area contributed by atoms with Crippen LogP contribution in [0, 0.1) is 0 Å². The minimum Gasteiger partial charge on any atom is -0.495 e. The van der Waals surface area contributed by atoms with Crippen LogP contribution < -0.4 is 14.8 Å². The summed E-state index contributed by atoms with van der Waals surface area (Å²) in [7, 11) is 3.07. The summed E-state index contributed by atoms with van der Waals surface area (Å²) in [5, 5.41) is 2.65. The molecule has 0 aromatic heterocycles. The molecule has 0 spiro atoms. The molecule has 6 heteroatoms. The number of amides is 1. The molecule has 0 aliphatic rings. The van der Waals surface area contributed by atoms with Gasteiger partial charge in [-0.2, -0.15) is 0 Å². The van der Waals surface area contributed by atoms with E-state index in [0.717, 1.165) is 10.0 Å². The van der Waals surface area contributed by atoms with E-state index in [1.807, 2.05) is 30.3 Å². The van der Waals surface area contributed by atoms with Gasteiger partial charge < -0.3 is 14.2 Å². The number of nitrogens with one attached hydrogen (secondary N) is 1. The number of carbonyl (C=O) groups excluding carboxylic acids is 1. The molecule has 116 valence electrons. The number of halogens is 1. The van der Waals surface area contributed by atoms with Crippen LogP contribution >= 0.6 is 15.9 Å². The van der Waals surface area contributed by atoms with Crippen LogP contribution in [0.25, 0.3) is 0 Å². The molecule has 0 fully saturated rings. The van der Waals surface area contributed by atoms with Crippen LogP contribution in [-0.2, 0) is 11.3 Å². The van der Waals surface area contributed by atoms with E-state index in [0.29, 0.717) is 17.2 Å². The normalized spacial score (nSPS) is 9.95. The van der Waals surface area contributed by atoms with E-state index in [4.69, 9.17) is 14.2 Å². The van der Waals surface area contributed by atoms with Crippen molar-refractivity contribution in [1.29, 1.82) is 0 Å². The fourth-order valence-corrected chi connectivity index (χ4v) is 2.31. The summed E-state index contributed by atoms with van der Waals surface area (Å²) in [6, 6.07) is 12.8. The average Bonchev–Trinajstić information content (AvgIpc) is 2.55. The van der Waals surface area contributed by atoms with Gasteiger partial charge in [-0.3, -0.25) is 5.32 Å². The van der Waals surface area contributed by atoms with Crippen LogP contribution in [0.3, 0.4) is 0 Å². The second kappa shape index (κ2) is 7.70. The monoisotopic (exact) mass is 365 g/mol. The summed E-state index contributed by atoms with van der Waals surface area (Å²) in [4.78, 5) is 11.9. The fourth-order valence-electron chi connectivity index (χ4n) is 1.83. The van der Waals surface area contributed by atoms with Crippen LogP contribution in [0.1, 0.15) is 5.56 Å². The molecular formula is C16H16BrNO4. The lowest BCUT2D eigenvalue weighted by atomic mass is 10.2. The molecule has 2 aromatic rings. The highest BCUT2D eigenvalue weighted by atomic mass is 79.9. The number of anilines is 1. The summed E-state index contributed by atoms with van der Waals surface area (Å²) in [5.41, 5.74) is 1.39. The van der Waals surface area contributed by atoms with E-state index in [1.54, 1.807) is 19.2 Å². The Balaban J connectivity index is 2.04. The molecule has 0 aliphatic heterocycles. The maximum atomic E-state index is 11.9. The standard InChI is InChI=1S/C16H16BrNO4/c1-20-14-9-13(15(21-2)8-12(14)17)18-16(19)22-10-11-6-4-3-5-7-11/h3-9H,10H2,1-2H3,(H,18,19). The molecule has 0 aliphatic carbocycles. The Labute approximate surface area is 137 Å². The molecule has 0 atom stereocenters. The Morgan fingerprint density at radius 3 is 2.41 bits per heavy atom. The Kier molecular flexibility index (Phi) is 5.66. The molecule has 1 amide bonds. The zero-order valence-corrected chi connectivity index (χ0v) is 13.8. The van der Waals surface area contributed by atoms with Crippen molar-refractivity contribution in [2.24, 2.45) is 0 Å². The van der Waals surface area contributed by atoms with Gasteiger partial charge in [-0.25, -0.2) is 4.79 Å². The Bertz CT molecular complexity index is 646. The van der Waals surface area contributed by atoms with Crippen molar-refractivity contribution in [3.8, 4) is 11.5 Å². The summed E-state index contributed by atoms with van der Waals surface area (Å²) in [5.74, 6) is 1.09. The highest BCUT2D eigenvalue weighted by molar-refractivity contribution is 9.10. The minimum atomic E-state index is -0.563. The molecule has 1 N–H and O–H groups in total. The van der Waals surface area contributed by atoms with Gasteiger partial charge in [-0.15, -0.1) is 0 Å². The zero-order chi connectivity index (χ0) is 15.9. The van der Waals surface area contributed by atoms with E-state index in [9.17, 15) is 4.79 Å². The number of rotatable bonds is 5. The molecular weight excluding hydrogens is 350 g/mol. The Morgan fingerprint density at radius 1 is 1.09 bits per heavy atom. The zero-order valence-electron chi connectivity index (χ0n) is 12.3. The lowest BCUT2D eigenvalue weighted by Crippen LogP contribution is -2.14. The van der Waals surface area contributed by atoms with Crippen molar-refractivity contribution < 1.29 is 19.0 Å². The van der Waals surface area contributed by atoms with E-state index in [2.05, 4.69) is 21.2 Å². The van der Waals surface area contributed by atoms with Crippen molar-refractivity contribution in [1.82, 2.24) is 0 Å². The maximum absolute atomic E-state index is 11.9. The topological polar surface area (TPSA) is 56.8 Å². The first-order chi connectivity index (χ1) is 10.6. The van der Waals surface area contributed by atoms with Gasteiger partial charge in [0.15, 0.2) is 0 Å². The Morgan fingerprint density at radius 2 is 1.77 bits per heavy atom. The van der Waals surface area contributed by atoms with Crippen molar-refractivity contribution in [3.63, 3.8) is 0 Å². The van der Waals surface area contributed by atoms with Crippen molar-refractivity contribution in [3.05, 3.63) is 52.5 Å². The second-order valence-electron chi connectivity index (χ2n) is 4.37. The number of hydrogen-bond acceptors (Lipinski definition) is 4. The van der Waals surface area contributed by atoms with Gasteiger partial charge >= 0.3 is 6.09 Å². The molecule has 0 unspecified atom stereocenters. The number of benzene rings is 2. The third-order valence-corrected chi connectivity index (χ3v) is 3.54. The van der Waals surface area contributed by atoms with Crippen molar-refractivity contribution in [2.45, 2.75) is 6.61 Å². The largest absolute Gasteiger partial charge is 0.495 e. The number of carbonyl (C=O) groups is 1. The van der Waals surface area contributed by atoms with Gasteiger partial charge in [0.25, 0.3) is 0 Å². The van der Waals surface area contributed by atoms with E-state index >= 15 is 0 Å². The molecule has 2 aromatic carbocycles. The summed E-state index contributed by atoms with van der Waals surface area (Å²) in [6.07, 6.45) is -0.563. The van der Waals surface area contributed by atoms with Crippen LogP contribution in [0.15, 0.2) is 46.9 Å². The predicted molar refractivity (Wildman–Crippen MR) is 87.5 cm³/mol. The van der Waals surface area contributed by atoms with Crippen LogP contribution in [-0.4, -0.2) is 20.3 Å². The molecule has 0 heterocycles. The van der Waals surface area contributed by atoms with Crippen LogP contribution in [0.4, 0.5) is 10.5 Å². The van der Waals surface area contributed by atoms with Gasteiger partial charge in [0, 0.05) is 12.1 Å². The SMILES string of the molecule is COc1cc(NC(=O)OCc2ccccc2)c(OC)cc1Br. The highest BCUT2D eigenvalue weighted by Gasteiger charge is 2.13. The van der Waals surface area contributed by atoms with Gasteiger partial charge in [0.05, 0.1) is 24.4 Å². The van der Waals surface area contributed by atoms with E-state index in [1.165, 1.54) is 7.11 Å². The second-order valence-corrected chi connectivity index (χ2v) is 5.23. The molecule has 0 saturated carbocycles. The van der Waals surface area contributed by atoms with Gasteiger partial charge in [0.2, 0.25) is 0 Å². The van der Waals surface area contributed by atoms with Gasteiger partial charge in [0.1, 0.15) is 18.1 Å². The molecule has 2 rings (SSSR count). The summed E-state index contributed by atoms with van der Waals surface area (Å²) in [6.45, 7) is 0.197. The van der Waals surface area contributed by atoms with Crippen LogP contribution in [0.5, 0.6) is 11.5 Å². The van der Waals surface area contributed by atoms with Crippen molar-refractivity contribution >= 4 is 27.7 Å². The third kappa shape index (κ3) is 4.14. The first-order valence-electron chi connectivity index (χ1n) is 6.53. The highest BCUT2D eigenvalue weighted by Crippen LogP contribution is 2.36. The maximum Gasteiger partial charge on any atom is 0.412 e. The number of ether oxygens (including phenoxy) is 3. The first-order valence-corrected chi connectivity index (χ1v) is 7.32. The molecule has 5 nitrogen and oxygen atoms in total. The molecule has 0 bridgehead atoms. The van der Waals surface area contributed by atoms with Gasteiger partial charge in [-0.05, 0) is 21.5 Å². The lowest BCUT2D eigenvalue weighted by molar-refractivity contribution is 0.155. The predicted octanol–water partition coefficient (Wildman–Crippen LogP) is 4.22. The van der Waals surface area contributed by atoms with E-state index < -0.39 is 6.09 Å². The molecule has 0 radical (unpaired) electrons. The number of hydrogen-bond donors (Lipinski definition) is 1. The quantitative estimate of drug-likeness (QED) is 0.861. The lowest BCUT2D eigenvalue weighted by Gasteiger charge is -2.13. The Hall–Kier alpha value is -2.21. The van der Waals surface area contributed by atoms with Crippen molar-refractivity contribution in [2.75, 3.05) is 19.5 Å². The fraction of sp³-hybridized carbons (Fsp3) is 0.188.